The number of anilines is 1. The first kappa shape index (κ1) is 16.7. The number of carboxylic acids is 1. The van der Waals surface area contributed by atoms with Crippen molar-refractivity contribution >= 4 is 17.8 Å². The molecule has 1 fully saturated rings. The number of aryl methyl sites for hydroxylation is 1. The Hall–Kier alpha value is -2.62. The highest BCUT2D eigenvalue weighted by Gasteiger charge is 2.28. The fraction of sp³-hybridized carbons (Fsp3) is 0.500. The third-order valence-electron chi connectivity index (χ3n) is 3.86. The minimum atomic E-state index is -0.820. The monoisotopic (exact) mass is 317 g/mol. The summed E-state index contributed by atoms with van der Waals surface area (Å²) in [6, 6.07) is 3.56. The molecule has 0 saturated carbocycles. The average Bonchev–Trinajstić information content (AvgIpc) is 2.94. The van der Waals surface area contributed by atoms with Crippen LogP contribution >= 0.6 is 0 Å². The zero-order valence-electron chi connectivity index (χ0n) is 13.2. The number of hydrogen-bond acceptors (Lipinski definition) is 6. The van der Waals surface area contributed by atoms with Gasteiger partial charge in [0, 0.05) is 19.5 Å². The number of carbonyl (C=O) groups excluding carboxylic acids is 1. The van der Waals surface area contributed by atoms with E-state index in [-0.39, 0.29) is 24.5 Å². The second kappa shape index (κ2) is 7.09. The average molecular weight is 317 g/mol. The minimum Gasteiger partial charge on any atom is -0.481 e. The van der Waals surface area contributed by atoms with Crippen molar-refractivity contribution in [3.8, 4) is 6.07 Å². The summed E-state index contributed by atoms with van der Waals surface area (Å²) in [5.41, 5.74) is 1.09. The maximum Gasteiger partial charge on any atom is 0.340 e. The number of nitrogens with zero attached hydrogens (tertiary/aromatic N) is 3. The van der Waals surface area contributed by atoms with Crippen molar-refractivity contribution in [2.45, 2.75) is 26.7 Å². The van der Waals surface area contributed by atoms with E-state index in [0.717, 1.165) is 6.42 Å². The fourth-order valence-electron chi connectivity index (χ4n) is 2.77. The molecule has 1 aliphatic rings. The van der Waals surface area contributed by atoms with Crippen LogP contribution in [0, 0.1) is 24.2 Å². The van der Waals surface area contributed by atoms with Crippen LogP contribution < -0.4 is 4.90 Å². The molecule has 2 rings (SSSR count). The first-order valence-corrected chi connectivity index (χ1v) is 7.51. The van der Waals surface area contributed by atoms with Crippen LogP contribution in [0.3, 0.4) is 0 Å². The normalized spacial score (nSPS) is 16.9. The van der Waals surface area contributed by atoms with E-state index in [1.165, 1.54) is 6.07 Å². The highest BCUT2D eigenvalue weighted by atomic mass is 16.5. The number of aromatic nitrogens is 1. The van der Waals surface area contributed by atoms with E-state index in [2.05, 4.69) is 11.1 Å². The molecule has 1 aliphatic heterocycles. The largest absolute Gasteiger partial charge is 0.481 e. The Bertz CT molecular complexity index is 666. The van der Waals surface area contributed by atoms with Gasteiger partial charge in [0.2, 0.25) is 0 Å². The van der Waals surface area contributed by atoms with Gasteiger partial charge in [-0.25, -0.2) is 9.78 Å². The van der Waals surface area contributed by atoms with Crippen molar-refractivity contribution in [2.24, 2.45) is 5.92 Å². The lowest BCUT2D eigenvalue weighted by atomic mass is 10.1. The molecule has 1 atom stereocenters. The van der Waals surface area contributed by atoms with E-state index >= 15 is 0 Å². The van der Waals surface area contributed by atoms with E-state index in [9.17, 15) is 14.9 Å². The van der Waals surface area contributed by atoms with Crippen LogP contribution in [0.2, 0.25) is 0 Å². The Morgan fingerprint density at radius 3 is 2.91 bits per heavy atom. The topological polar surface area (TPSA) is 104 Å². The van der Waals surface area contributed by atoms with Gasteiger partial charge in [-0.15, -0.1) is 0 Å². The van der Waals surface area contributed by atoms with E-state index in [0.29, 0.717) is 30.2 Å². The van der Waals surface area contributed by atoms with Crippen molar-refractivity contribution in [1.29, 1.82) is 5.26 Å². The molecule has 1 aromatic rings. The Morgan fingerprint density at radius 1 is 1.57 bits per heavy atom. The van der Waals surface area contributed by atoms with Crippen LogP contribution in [0.5, 0.6) is 0 Å². The van der Waals surface area contributed by atoms with Crippen LogP contribution in [-0.2, 0) is 9.53 Å². The predicted molar refractivity (Wildman–Crippen MR) is 82.2 cm³/mol. The van der Waals surface area contributed by atoms with E-state index in [1.807, 2.05) is 4.90 Å². The number of carboxylic acid groups (broad SMARTS) is 1. The van der Waals surface area contributed by atoms with Gasteiger partial charge in [0.15, 0.2) is 0 Å². The molecule has 0 aliphatic carbocycles. The number of carbonyl (C=O) groups is 2. The van der Waals surface area contributed by atoms with E-state index in [4.69, 9.17) is 9.84 Å². The van der Waals surface area contributed by atoms with Crippen LogP contribution in [0.25, 0.3) is 0 Å². The Labute approximate surface area is 134 Å². The number of esters is 1. The predicted octanol–water partition coefficient (Wildman–Crippen LogP) is 1.74. The molecule has 1 saturated heterocycles. The van der Waals surface area contributed by atoms with Crippen molar-refractivity contribution in [3.05, 3.63) is 22.9 Å². The quantitative estimate of drug-likeness (QED) is 0.825. The SMILES string of the molecule is CCOC(=O)c1cc(C#N)c(N2CCC(CC(=O)O)C2)nc1C. The van der Waals surface area contributed by atoms with Gasteiger partial charge in [0.1, 0.15) is 11.9 Å². The Kier molecular flexibility index (Phi) is 5.16. The number of pyridine rings is 1. The second-order valence-corrected chi connectivity index (χ2v) is 5.52. The van der Waals surface area contributed by atoms with E-state index < -0.39 is 11.9 Å². The number of nitriles is 1. The summed E-state index contributed by atoms with van der Waals surface area (Å²) < 4.78 is 4.97. The van der Waals surface area contributed by atoms with Gasteiger partial charge in [-0.1, -0.05) is 0 Å². The summed E-state index contributed by atoms with van der Waals surface area (Å²) in [4.78, 5) is 29.0. The summed E-state index contributed by atoms with van der Waals surface area (Å²) in [6.07, 6.45) is 0.857. The van der Waals surface area contributed by atoms with Gasteiger partial charge in [0.25, 0.3) is 0 Å². The standard InChI is InChI=1S/C16H19N3O4/c1-3-23-16(22)13-7-12(8-17)15(18-10(13)2)19-5-4-11(9-19)6-14(20)21/h7,11H,3-6,9H2,1-2H3,(H,20,21). The summed E-state index contributed by atoms with van der Waals surface area (Å²) in [6.45, 7) is 4.86. The molecule has 7 nitrogen and oxygen atoms in total. The lowest BCUT2D eigenvalue weighted by Crippen LogP contribution is -2.23. The van der Waals surface area contributed by atoms with Crippen molar-refractivity contribution in [2.75, 3.05) is 24.6 Å². The van der Waals surface area contributed by atoms with Crippen molar-refractivity contribution < 1.29 is 19.4 Å². The molecule has 1 N–H and O–H groups in total. The molecule has 0 radical (unpaired) electrons. The zero-order valence-corrected chi connectivity index (χ0v) is 13.2. The molecule has 0 aromatic carbocycles. The maximum atomic E-state index is 11.9. The molecule has 0 spiro atoms. The number of ether oxygens (including phenoxy) is 1. The highest BCUT2D eigenvalue weighted by Crippen LogP contribution is 2.28. The molecule has 0 amide bonds. The fourth-order valence-corrected chi connectivity index (χ4v) is 2.77. The first-order valence-electron chi connectivity index (χ1n) is 7.51. The summed E-state index contributed by atoms with van der Waals surface area (Å²) in [5.74, 6) is -0.762. The lowest BCUT2D eigenvalue weighted by Gasteiger charge is -2.20. The van der Waals surface area contributed by atoms with Crippen molar-refractivity contribution in [1.82, 2.24) is 4.98 Å². The third-order valence-corrected chi connectivity index (χ3v) is 3.86. The molecule has 0 bridgehead atoms. The zero-order chi connectivity index (χ0) is 17.0. The highest BCUT2D eigenvalue weighted by molar-refractivity contribution is 5.91. The van der Waals surface area contributed by atoms with Crippen LogP contribution in [-0.4, -0.2) is 41.7 Å². The lowest BCUT2D eigenvalue weighted by molar-refractivity contribution is -0.137. The smallest absolute Gasteiger partial charge is 0.340 e. The van der Waals surface area contributed by atoms with Gasteiger partial charge in [-0.3, -0.25) is 4.79 Å². The molecular formula is C16H19N3O4. The number of hydrogen-bond donors (Lipinski definition) is 1. The van der Waals surface area contributed by atoms with E-state index in [1.54, 1.807) is 13.8 Å². The molecular weight excluding hydrogens is 298 g/mol. The third kappa shape index (κ3) is 3.77. The molecule has 7 heteroatoms. The van der Waals surface area contributed by atoms with Gasteiger partial charge >= 0.3 is 11.9 Å². The second-order valence-electron chi connectivity index (χ2n) is 5.52. The van der Waals surface area contributed by atoms with Gasteiger partial charge in [-0.05, 0) is 32.3 Å². The Balaban J connectivity index is 2.27. The summed E-state index contributed by atoms with van der Waals surface area (Å²) in [5, 5.41) is 18.2. The summed E-state index contributed by atoms with van der Waals surface area (Å²) >= 11 is 0. The number of aliphatic carboxylic acids is 1. The van der Waals surface area contributed by atoms with Crippen molar-refractivity contribution in [3.63, 3.8) is 0 Å². The van der Waals surface area contributed by atoms with Crippen LogP contribution in [0.15, 0.2) is 6.07 Å². The molecule has 2 heterocycles. The van der Waals surface area contributed by atoms with Crippen LogP contribution in [0.4, 0.5) is 5.82 Å². The summed E-state index contributed by atoms with van der Waals surface area (Å²) in [7, 11) is 0. The number of rotatable bonds is 5. The minimum absolute atomic E-state index is 0.0471. The molecule has 122 valence electrons. The Morgan fingerprint density at radius 2 is 2.30 bits per heavy atom. The molecule has 1 unspecified atom stereocenters. The van der Waals surface area contributed by atoms with Crippen LogP contribution in [0.1, 0.15) is 41.4 Å². The maximum absolute atomic E-state index is 11.9. The first-order chi connectivity index (χ1) is 11.0. The molecule has 23 heavy (non-hydrogen) atoms. The molecule has 1 aromatic heterocycles. The van der Waals surface area contributed by atoms with Gasteiger partial charge < -0.3 is 14.7 Å². The van der Waals surface area contributed by atoms with Gasteiger partial charge in [0.05, 0.1) is 23.4 Å². The van der Waals surface area contributed by atoms with Gasteiger partial charge in [-0.2, -0.15) is 5.26 Å².